The number of Topliss-reactive ketones (excluding diaryl/α,β-unsaturated/α-hetero) is 1. The third-order valence-electron chi connectivity index (χ3n) is 5.34. The number of fused-ring (bicyclic) bond motifs is 2. The number of allylic oxidation sites excluding steroid dienone is 1. The van der Waals surface area contributed by atoms with Gasteiger partial charge in [0.2, 0.25) is 5.78 Å². The van der Waals surface area contributed by atoms with Gasteiger partial charge in [-0.1, -0.05) is 0 Å². The lowest BCUT2D eigenvalue weighted by Gasteiger charge is -2.30. The van der Waals surface area contributed by atoms with E-state index in [0.29, 0.717) is 42.7 Å². The monoisotopic (exact) mass is 411 g/mol. The van der Waals surface area contributed by atoms with E-state index < -0.39 is 0 Å². The summed E-state index contributed by atoms with van der Waals surface area (Å²) in [7, 11) is 4.85. The largest absolute Gasteiger partial charge is 0.497 e. The third-order valence-corrected chi connectivity index (χ3v) is 5.34. The summed E-state index contributed by atoms with van der Waals surface area (Å²) in [6.45, 7) is 4.49. The average molecular weight is 411 g/mol. The molecule has 0 unspecified atom stereocenters. The fourth-order valence-corrected chi connectivity index (χ4v) is 3.74. The summed E-state index contributed by atoms with van der Waals surface area (Å²) in [5, 5.41) is 0. The molecule has 0 spiro atoms. The summed E-state index contributed by atoms with van der Waals surface area (Å²) in [5.74, 6) is 2.73. The predicted molar refractivity (Wildman–Crippen MR) is 111 cm³/mol. The topological polar surface area (TPSA) is 66.5 Å². The summed E-state index contributed by atoms with van der Waals surface area (Å²) in [4.78, 5) is 15.2. The summed E-state index contributed by atoms with van der Waals surface area (Å²) in [6, 6.07) is 7.29. The molecule has 0 saturated heterocycles. The lowest BCUT2D eigenvalue weighted by Crippen LogP contribution is -2.34. The van der Waals surface area contributed by atoms with Gasteiger partial charge in [-0.3, -0.25) is 9.69 Å². The Bertz CT molecular complexity index is 1010. The van der Waals surface area contributed by atoms with Gasteiger partial charge in [0, 0.05) is 43.0 Å². The molecule has 7 nitrogen and oxygen atoms in total. The van der Waals surface area contributed by atoms with Gasteiger partial charge in [-0.05, 0) is 31.2 Å². The van der Waals surface area contributed by atoms with E-state index in [2.05, 4.69) is 4.90 Å². The van der Waals surface area contributed by atoms with Crippen LogP contribution in [-0.2, 0) is 11.3 Å². The number of benzene rings is 2. The van der Waals surface area contributed by atoms with Crippen molar-refractivity contribution >= 4 is 11.9 Å². The molecule has 0 saturated carbocycles. The van der Waals surface area contributed by atoms with Crippen LogP contribution in [0.1, 0.15) is 27.0 Å². The van der Waals surface area contributed by atoms with Crippen LogP contribution < -0.4 is 18.9 Å². The Kier molecular flexibility index (Phi) is 5.65. The zero-order chi connectivity index (χ0) is 21.3. The van der Waals surface area contributed by atoms with Gasteiger partial charge in [-0.25, -0.2) is 0 Å². The molecule has 0 fully saturated rings. The van der Waals surface area contributed by atoms with Crippen LogP contribution in [0.15, 0.2) is 30.0 Å². The van der Waals surface area contributed by atoms with Crippen LogP contribution in [0.25, 0.3) is 6.08 Å². The van der Waals surface area contributed by atoms with Crippen LogP contribution in [0.2, 0.25) is 0 Å². The van der Waals surface area contributed by atoms with E-state index in [9.17, 15) is 4.79 Å². The first-order valence-corrected chi connectivity index (χ1v) is 9.72. The Labute approximate surface area is 175 Å². The summed E-state index contributed by atoms with van der Waals surface area (Å²) >= 11 is 0. The summed E-state index contributed by atoms with van der Waals surface area (Å²) in [6.07, 6.45) is 1.70. The van der Waals surface area contributed by atoms with Crippen molar-refractivity contribution in [3.63, 3.8) is 0 Å². The molecule has 0 bridgehead atoms. The van der Waals surface area contributed by atoms with Crippen molar-refractivity contribution in [2.75, 3.05) is 41.2 Å². The number of hydrogen-bond acceptors (Lipinski definition) is 7. The van der Waals surface area contributed by atoms with Crippen molar-refractivity contribution in [1.82, 2.24) is 4.90 Å². The van der Waals surface area contributed by atoms with E-state index >= 15 is 0 Å². The van der Waals surface area contributed by atoms with Gasteiger partial charge in [0.1, 0.15) is 29.7 Å². The molecule has 2 aromatic rings. The molecule has 4 rings (SSSR count). The molecule has 0 amide bonds. The van der Waals surface area contributed by atoms with Gasteiger partial charge in [0.25, 0.3) is 0 Å². The van der Waals surface area contributed by atoms with Crippen LogP contribution in [-0.4, -0.2) is 51.9 Å². The number of hydrogen-bond donors (Lipinski definition) is 0. The fraction of sp³-hybridized carbons (Fsp3) is 0.348. The number of nitrogens with zero attached hydrogens (tertiary/aromatic N) is 1. The van der Waals surface area contributed by atoms with Crippen molar-refractivity contribution in [3.05, 3.63) is 52.3 Å². The first kappa shape index (κ1) is 20.3. The summed E-state index contributed by atoms with van der Waals surface area (Å²) < 4.78 is 27.8. The second kappa shape index (κ2) is 8.38. The zero-order valence-electron chi connectivity index (χ0n) is 17.6. The highest BCUT2D eigenvalue weighted by Gasteiger charge is 2.33. The fourth-order valence-electron chi connectivity index (χ4n) is 3.74. The third kappa shape index (κ3) is 3.62. The molecular weight excluding hydrogens is 386 g/mol. The minimum Gasteiger partial charge on any atom is -0.497 e. The number of ether oxygens (including phenoxy) is 5. The number of rotatable bonds is 6. The maximum Gasteiger partial charge on any atom is 0.231 e. The quantitative estimate of drug-likeness (QED) is 0.675. The SMILES string of the molecule is COCCN1COc2c(cc3c(c2C)O/C(=C\c2ccc(OC)cc2OC)C3=O)C1. The number of methoxy groups -OCH3 is 3. The predicted octanol–water partition coefficient (Wildman–Crippen LogP) is 3.43. The molecule has 0 atom stereocenters. The Morgan fingerprint density at radius 1 is 1.13 bits per heavy atom. The van der Waals surface area contributed by atoms with Crippen molar-refractivity contribution in [2.24, 2.45) is 0 Å². The highest BCUT2D eigenvalue weighted by atomic mass is 16.5. The standard InChI is InChI=1S/C23H25NO6/c1-14-22-16(12-24(13-29-22)7-8-26-2)9-18-21(25)20(30-23(14)18)10-15-5-6-17(27-3)11-19(15)28-4/h5-6,9-11H,7-8,12-13H2,1-4H3/b20-10-. The molecule has 30 heavy (non-hydrogen) atoms. The van der Waals surface area contributed by atoms with Gasteiger partial charge >= 0.3 is 0 Å². The van der Waals surface area contributed by atoms with Crippen LogP contribution in [0.4, 0.5) is 0 Å². The molecule has 2 aromatic carbocycles. The second-order valence-electron chi connectivity index (χ2n) is 7.23. The van der Waals surface area contributed by atoms with Crippen LogP contribution in [0.5, 0.6) is 23.0 Å². The summed E-state index contributed by atoms with van der Waals surface area (Å²) in [5.41, 5.74) is 3.11. The normalized spacial score (nSPS) is 16.7. The molecule has 0 N–H and O–H groups in total. The number of carbonyl (C=O) groups excluding carboxylic acids is 1. The molecule has 2 aliphatic rings. The molecule has 0 aliphatic carbocycles. The Morgan fingerprint density at radius 2 is 1.97 bits per heavy atom. The van der Waals surface area contributed by atoms with Gasteiger partial charge in [-0.15, -0.1) is 0 Å². The Morgan fingerprint density at radius 3 is 2.70 bits per heavy atom. The van der Waals surface area contributed by atoms with Crippen LogP contribution in [0, 0.1) is 6.92 Å². The average Bonchev–Trinajstić information content (AvgIpc) is 3.08. The van der Waals surface area contributed by atoms with Crippen LogP contribution in [0.3, 0.4) is 0 Å². The second-order valence-corrected chi connectivity index (χ2v) is 7.23. The van der Waals surface area contributed by atoms with E-state index in [1.807, 2.05) is 25.1 Å². The van der Waals surface area contributed by atoms with Crippen molar-refractivity contribution in [3.8, 4) is 23.0 Å². The molecule has 7 heteroatoms. The van der Waals surface area contributed by atoms with Gasteiger partial charge in [0.15, 0.2) is 5.76 Å². The highest BCUT2D eigenvalue weighted by molar-refractivity contribution is 6.15. The van der Waals surface area contributed by atoms with Crippen molar-refractivity contribution in [1.29, 1.82) is 0 Å². The smallest absolute Gasteiger partial charge is 0.231 e. The molecule has 158 valence electrons. The van der Waals surface area contributed by atoms with Gasteiger partial charge in [0.05, 0.1) is 26.4 Å². The minimum absolute atomic E-state index is 0.150. The maximum atomic E-state index is 13.1. The first-order chi connectivity index (χ1) is 14.5. The lowest BCUT2D eigenvalue weighted by molar-refractivity contribution is 0.0649. The Hall–Kier alpha value is -3.03. The lowest BCUT2D eigenvalue weighted by atomic mass is 10.00. The minimum atomic E-state index is -0.150. The van der Waals surface area contributed by atoms with Crippen molar-refractivity contribution < 1.29 is 28.5 Å². The van der Waals surface area contributed by atoms with E-state index in [1.165, 1.54) is 0 Å². The van der Waals surface area contributed by atoms with E-state index in [4.69, 9.17) is 23.7 Å². The molecule has 0 aromatic heterocycles. The molecule has 2 aliphatic heterocycles. The first-order valence-electron chi connectivity index (χ1n) is 9.72. The number of ketones is 1. The van der Waals surface area contributed by atoms with E-state index in [1.54, 1.807) is 33.5 Å². The Balaban J connectivity index is 1.66. The molecule has 2 heterocycles. The van der Waals surface area contributed by atoms with E-state index in [-0.39, 0.29) is 11.5 Å². The zero-order valence-corrected chi connectivity index (χ0v) is 17.6. The maximum absolute atomic E-state index is 13.1. The van der Waals surface area contributed by atoms with Crippen LogP contribution >= 0.6 is 0 Å². The van der Waals surface area contributed by atoms with Crippen molar-refractivity contribution in [2.45, 2.75) is 13.5 Å². The highest BCUT2D eigenvalue weighted by Crippen LogP contribution is 2.43. The van der Waals surface area contributed by atoms with E-state index in [0.717, 1.165) is 29.0 Å². The molecular formula is C23H25NO6. The molecule has 0 radical (unpaired) electrons. The van der Waals surface area contributed by atoms with Gasteiger partial charge in [-0.2, -0.15) is 0 Å². The van der Waals surface area contributed by atoms with Gasteiger partial charge < -0.3 is 23.7 Å². The number of carbonyl (C=O) groups is 1.